The molecule has 1 amide bonds. The van der Waals surface area contributed by atoms with Gasteiger partial charge in [-0.25, -0.2) is 12.8 Å². The van der Waals surface area contributed by atoms with Crippen LogP contribution in [0, 0.1) is 11.7 Å². The van der Waals surface area contributed by atoms with Gasteiger partial charge in [0.05, 0.1) is 18.0 Å². The maximum absolute atomic E-state index is 13.0. The number of anilines is 1. The number of nitrogens with zero attached hydrogens (tertiary/aromatic N) is 1. The number of carbonyl (C=O) groups excluding carboxylic acids is 1. The number of sulfonamides is 1. The molecule has 0 fully saturated rings. The molecule has 0 aliphatic carbocycles. The predicted molar refractivity (Wildman–Crippen MR) is 103 cm³/mol. The fraction of sp³-hybridized carbons (Fsp3) is 0.350. The number of para-hydroxylation sites is 1. The smallest absolute Gasteiger partial charge is 0.232 e. The van der Waals surface area contributed by atoms with Crippen LogP contribution in [-0.2, 0) is 21.2 Å². The van der Waals surface area contributed by atoms with E-state index < -0.39 is 10.0 Å². The molecule has 0 aromatic heterocycles. The minimum Gasteiger partial charge on any atom is -0.349 e. The molecule has 0 saturated heterocycles. The average Bonchev–Trinajstić information content (AvgIpc) is 2.62. The van der Waals surface area contributed by atoms with Gasteiger partial charge in [-0.05, 0) is 42.2 Å². The first-order chi connectivity index (χ1) is 12.8. The third-order valence-corrected chi connectivity index (χ3v) is 6.00. The van der Waals surface area contributed by atoms with Crippen LogP contribution >= 0.6 is 0 Å². The quantitative estimate of drug-likeness (QED) is 0.853. The number of carbonyl (C=O) groups is 1. The third kappa shape index (κ3) is 4.47. The van der Waals surface area contributed by atoms with Gasteiger partial charge in [0, 0.05) is 12.5 Å². The third-order valence-electron chi connectivity index (χ3n) is 4.82. The van der Waals surface area contributed by atoms with Crippen LogP contribution < -0.4 is 9.62 Å². The van der Waals surface area contributed by atoms with Gasteiger partial charge >= 0.3 is 0 Å². The largest absolute Gasteiger partial charge is 0.349 e. The Hall–Kier alpha value is -2.41. The number of halogens is 1. The Morgan fingerprint density at radius 2 is 1.89 bits per heavy atom. The van der Waals surface area contributed by atoms with Crippen LogP contribution in [0.1, 0.15) is 30.5 Å². The van der Waals surface area contributed by atoms with E-state index in [4.69, 9.17) is 0 Å². The van der Waals surface area contributed by atoms with Gasteiger partial charge in [0.1, 0.15) is 5.82 Å². The lowest BCUT2D eigenvalue weighted by Gasteiger charge is -2.34. The summed E-state index contributed by atoms with van der Waals surface area (Å²) in [6.45, 7) is 2.16. The van der Waals surface area contributed by atoms with Gasteiger partial charge in [-0.3, -0.25) is 9.10 Å². The summed E-state index contributed by atoms with van der Waals surface area (Å²) < 4.78 is 38.5. The Morgan fingerprint density at radius 1 is 1.22 bits per heavy atom. The molecule has 7 heteroatoms. The minimum absolute atomic E-state index is 0.105. The molecule has 0 radical (unpaired) electrons. The highest BCUT2D eigenvalue weighted by molar-refractivity contribution is 7.92. The standard InChI is InChI=1S/C20H23FN2O3S/c1-14(13-15-7-9-16(21)10-8-15)20(24)22-18-11-12-23(27(2,25)26)19-6-4-3-5-17(18)19/h3-10,14,18H,11-13H2,1-2H3,(H,22,24). The Bertz CT molecular complexity index is 928. The Kier molecular flexibility index (Phi) is 5.51. The van der Waals surface area contributed by atoms with E-state index in [-0.39, 0.29) is 23.7 Å². The highest BCUT2D eigenvalue weighted by atomic mass is 32.2. The zero-order valence-electron chi connectivity index (χ0n) is 15.4. The van der Waals surface area contributed by atoms with Crippen molar-refractivity contribution >= 4 is 21.6 Å². The van der Waals surface area contributed by atoms with E-state index in [9.17, 15) is 17.6 Å². The molecule has 3 rings (SSSR count). The van der Waals surface area contributed by atoms with E-state index >= 15 is 0 Å². The number of amides is 1. The highest BCUT2D eigenvalue weighted by Crippen LogP contribution is 2.35. The molecule has 2 unspecified atom stereocenters. The van der Waals surface area contributed by atoms with Crippen LogP contribution in [0.5, 0.6) is 0 Å². The Balaban J connectivity index is 1.73. The first-order valence-corrected chi connectivity index (χ1v) is 10.7. The van der Waals surface area contributed by atoms with Crippen molar-refractivity contribution in [1.82, 2.24) is 5.32 Å². The van der Waals surface area contributed by atoms with E-state index in [1.165, 1.54) is 22.7 Å². The van der Waals surface area contributed by atoms with Crippen molar-refractivity contribution in [3.63, 3.8) is 0 Å². The van der Waals surface area contributed by atoms with Crippen LogP contribution in [0.25, 0.3) is 0 Å². The number of benzene rings is 2. The van der Waals surface area contributed by atoms with E-state index in [1.54, 1.807) is 24.3 Å². The number of hydrogen-bond donors (Lipinski definition) is 1. The molecule has 2 aromatic rings. The van der Waals surface area contributed by atoms with Crippen LogP contribution in [-0.4, -0.2) is 27.1 Å². The molecule has 0 bridgehead atoms. The summed E-state index contributed by atoms with van der Waals surface area (Å²) in [5.74, 6) is -0.687. The molecule has 1 aliphatic rings. The van der Waals surface area contributed by atoms with E-state index in [0.29, 0.717) is 25.1 Å². The molecule has 1 heterocycles. The summed E-state index contributed by atoms with van der Waals surface area (Å²) in [6.07, 6.45) is 2.21. The maximum atomic E-state index is 13.0. The first-order valence-electron chi connectivity index (χ1n) is 8.87. The highest BCUT2D eigenvalue weighted by Gasteiger charge is 2.31. The molecular weight excluding hydrogens is 367 g/mol. The van der Waals surface area contributed by atoms with Crippen molar-refractivity contribution < 1.29 is 17.6 Å². The van der Waals surface area contributed by atoms with Gasteiger partial charge in [0.25, 0.3) is 0 Å². The molecule has 2 atom stereocenters. The molecule has 144 valence electrons. The van der Waals surface area contributed by atoms with Crippen molar-refractivity contribution in [3.8, 4) is 0 Å². The Morgan fingerprint density at radius 3 is 2.56 bits per heavy atom. The summed E-state index contributed by atoms with van der Waals surface area (Å²) >= 11 is 0. The molecule has 2 aromatic carbocycles. The summed E-state index contributed by atoms with van der Waals surface area (Å²) in [5, 5.41) is 3.04. The van der Waals surface area contributed by atoms with E-state index in [2.05, 4.69) is 5.32 Å². The summed E-state index contributed by atoms with van der Waals surface area (Å²) in [6, 6.07) is 13.1. The van der Waals surface area contributed by atoms with Crippen molar-refractivity contribution in [3.05, 3.63) is 65.5 Å². The van der Waals surface area contributed by atoms with Gasteiger partial charge in [0.15, 0.2) is 0 Å². The fourth-order valence-electron chi connectivity index (χ4n) is 3.41. The molecule has 1 aliphatic heterocycles. The van der Waals surface area contributed by atoms with Crippen LogP contribution in [0.15, 0.2) is 48.5 Å². The molecule has 5 nitrogen and oxygen atoms in total. The molecular formula is C20H23FN2O3S. The zero-order valence-corrected chi connectivity index (χ0v) is 16.2. The summed E-state index contributed by atoms with van der Waals surface area (Å²) in [5.41, 5.74) is 2.31. The SMILES string of the molecule is CC(Cc1ccc(F)cc1)C(=O)NC1CCN(S(C)(=O)=O)c2ccccc21. The zero-order chi connectivity index (χ0) is 19.6. The lowest BCUT2D eigenvalue weighted by atomic mass is 9.95. The van der Waals surface area contributed by atoms with Gasteiger partial charge in [-0.15, -0.1) is 0 Å². The lowest BCUT2D eigenvalue weighted by Crippen LogP contribution is -2.42. The van der Waals surface area contributed by atoms with Gasteiger partial charge in [-0.1, -0.05) is 37.3 Å². The molecule has 0 spiro atoms. The summed E-state index contributed by atoms with van der Waals surface area (Å²) in [7, 11) is -3.36. The number of nitrogens with one attached hydrogen (secondary N) is 1. The summed E-state index contributed by atoms with van der Waals surface area (Å²) in [4.78, 5) is 12.7. The topological polar surface area (TPSA) is 66.5 Å². The fourth-order valence-corrected chi connectivity index (χ4v) is 4.37. The average molecular weight is 390 g/mol. The van der Waals surface area contributed by atoms with E-state index in [1.807, 2.05) is 19.1 Å². The van der Waals surface area contributed by atoms with Gasteiger partial charge in [0.2, 0.25) is 15.9 Å². The van der Waals surface area contributed by atoms with Gasteiger partial charge < -0.3 is 5.32 Å². The normalized spacial score (nSPS) is 17.9. The number of rotatable bonds is 5. The second-order valence-electron chi connectivity index (χ2n) is 6.98. The van der Waals surface area contributed by atoms with Crippen molar-refractivity contribution in [2.45, 2.75) is 25.8 Å². The molecule has 0 saturated carbocycles. The molecule has 1 N–H and O–H groups in total. The predicted octanol–water partition coefficient (Wildman–Crippen LogP) is 3.03. The monoisotopic (exact) mass is 390 g/mol. The second kappa shape index (κ2) is 7.68. The maximum Gasteiger partial charge on any atom is 0.232 e. The van der Waals surface area contributed by atoms with Crippen molar-refractivity contribution in [2.75, 3.05) is 17.1 Å². The number of fused-ring (bicyclic) bond motifs is 1. The van der Waals surface area contributed by atoms with E-state index in [0.717, 1.165) is 11.1 Å². The Labute approximate surface area is 159 Å². The van der Waals surface area contributed by atoms with Crippen LogP contribution in [0.4, 0.5) is 10.1 Å². The second-order valence-corrected chi connectivity index (χ2v) is 8.88. The first kappa shape index (κ1) is 19.4. The van der Waals surface area contributed by atoms with Gasteiger partial charge in [-0.2, -0.15) is 0 Å². The van der Waals surface area contributed by atoms with Crippen LogP contribution in [0.2, 0.25) is 0 Å². The number of hydrogen-bond acceptors (Lipinski definition) is 3. The molecule has 27 heavy (non-hydrogen) atoms. The lowest BCUT2D eigenvalue weighted by molar-refractivity contribution is -0.125. The van der Waals surface area contributed by atoms with Crippen LogP contribution in [0.3, 0.4) is 0 Å². The van der Waals surface area contributed by atoms with Crippen molar-refractivity contribution in [1.29, 1.82) is 0 Å². The minimum atomic E-state index is -3.36. The van der Waals surface area contributed by atoms with Crippen molar-refractivity contribution in [2.24, 2.45) is 5.92 Å².